The number of carbonyl (C=O) groups is 1. The molecule has 3 nitrogen and oxygen atoms in total. The number of rotatable bonds is 2. The van der Waals surface area contributed by atoms with E-state index in [0.717, 1.165) is 12.1 Å². The van der Waals surface area contributed by atoms with Gasteiger partial charge in [0.25, 0.3) is 0 Å². The summed E-state index contributed by atoms with van der Waals surface area (Å²) < 4.78 is 42.4. The largest absolute Gasteiger partial charge is 0.444 e. The quantitative estimate of drug-likeness (QED) is 0.893. The third kappa shape index (κ3) is 5.63. The molecule has 0 spiro atoms. The van der Waals surface area contributed by atoms with Gasteiger partial charge in [-0.25, -0.2) is 4.79 Å². The van der Waals surface area contributed by atoms with E-state index >= 15 is 0 Å². The molecular weight excluding hydrogens is 259 g/mol. The summed E-state index contributed by atoms with van der Waals surface area (Å²) >= 11 is 0. The van der Waals surface area contributed by atoms with E-state index in [0.29, 0.717) is 5.56 Å². The van der Waals surface area contributed by atoms with Crippen LogP contribution in [0, 0.1) is 0 Å². The summed E-state index contributed by atoms with van der Waals surface area (Å²) in [4.78, 5) is 11.4. The minimum atomic E-state index is -4.39. The highest BCUT2D eigenvalue weighted by molar-refractivity contribution is 5.67. The molecule has 0 atom stereocenters. The number of hydrogen-bond donors (Lipinski definition) is 1. The van der Waals surface area contributed by atoms with Gasteiger partial charge >= 0.3 is 12.3 Å². The highest BCUT2D eigenvalue weighted by Gasteiger charge is 2.30. The Kier molecular flexibility index (Phi) is 4.44. The number of halogens is 3. The van der Waals surface area contributed by atoms with Crippen molar-refractivity contribution in [3.63, 3.8) is 0 Å². The van der Waals surface area contributed by atoms with Gasteiger partial charge < -0.3 is 10.1 Å². The van der Waals surface area contributed by atoms with Gasteiger partial charge in [0.05, 0.1) is 5.56 Å². The van der Waals surface area contributed by atoms with Gasteiger partial charge in [-0.15, -0.1) is 0 Å². The summed E-state index contributed by atoms with van der Waals surface area (Å²) in [6, 6.07) is 4.79. The minimum absolute atomic E-state index is 0.0150. The monoisotopic (exact) mass is 275 g/mol. The molecule has 0 radical (unpaired) electrons. The Bertz CT molecular complexity index is 450. The first-order chi connectivity index (χ1) is 8.58. The predicted octanol–water partition coefficient (Wildman–Crippen LogP) is 3.73. The molecule has 1 aromatic rings. The fourth-order valence-electron chi connectivity index (χ4n) is 1.35. The van der Waals surface area contributed by atoms with Gasteiger partial charge in [0.1, 0.15) is 5.60 Å². The second-order valence-electron chi connectivity index (χ2n) is 5.05. The lowest BCUT2D eigenvalue weighted by molar-refractivity contribution is -0.137. The average Bonchev–Trinajstić information content (AvgIpc) is 2.23. The van der Waals surface area contributed by atoms with Crippen LogP contribution < -0.4 is 5.32 Å². The van der Waals surface area contributed by atoms with Gasteiger partial charge in [-0.1, -0.05) is 12.1 Å². The first-order valence-corrected chi connectivity index (χ1v) is 5.71. The summed E-state index contributed by atoms with van der Waals surface area (Å²) in [6.07, 6.45) is -5.05. The molecule has 0 bridgehead atoms. The van der Waals surface area contributed by atoms with Crippen molar-refractivity contribution in [1.82, 2.24) is 5.32 Å². The number of alkyl carbamates (subject to hydrolysis) is 1. The minimum Gasteiger partial charge on any atom is -0.444 e. The molecule has 1 N–H and O–H groups in total. The first kappa shape index (κ1) is 15.3. The Hall–Kier alpha value is -1.72. The lowest BCUT2D eigenvalue weighted by atomic mass is 10.1. The number of nitrogens with one attached hydrogen (secondary N) is 1. The van der Waals surface area contributed by atoms with Crippen LogP contribution in [0.2, 0.25) is 0 Å². The molecule has 6 heteroatoms. The second kappa shape index (κ2) is 5.50. The van der Waals surface area contributed by atoms with Gasteiger partial charge in [0.2, 0.25) is 0 Å². The standard InChI is InChI=1S/C13H16F3NO2/c1-12(2,3)19-11(18)17-8-9-5-4-6-10(7-9)13(14,15)16/h4-7H,8H2,1-3H3,(H,17,18). The first-order valence-electron chi connectivity index (χ1n) is 5.71. The number of alkyl halides is 3. The Labute approximate surface area is 109 Å². The molecule has 0 aliphatic carbocycles. The van der Waals surface area contributed by atoms with Gasteiger partial charge in [-0.3, -0.25) is 0 Å². The molecular formula is C13H16F3NO2. The molecule has 0 heterocycles. The lowest BCUT2D eigenvalue weighted by Crippen LogP contribution is -2.32. The van der Waals surface area contributed by atoms with Crippen molar-refractivity contribution >= 4 is 6.09 Å². The van der Waals surface area contributed by atoms with E-state index in [1.54, 1.807) is 20.8 Å². The Morgan fingerprint density at radius 1 is 1.26 bits per heavy atom. The SMILES string of the molecule is CC(C)(C)OC(=O)NCc1cccc(C(F)(F)F)c1. The number of amides is 1. The summed E-state index contributed by atoms with van der Waals surface area (Å²) in [5.41, 5.74) is -1.02. The van der Waals surface area contributed by atoms with Crippen molar-refractivity contribution < 1.29 is 22.7 Å². The predicted molar refractivity (Wildman–Crippen MR) is 64.5 cm³/mol. The Morgan fingerprint density at radius 2 is 1.89 bits per heavy atom. The highest BCUT2D eigenvalue weighted by Crippen LogP contribution is 2.29. The van der Waals surface area contributed by atoms with E-state index in [1.165, 1.54) is 12.1 Å². The Balaban J connectivity index is 2.62. The van der Waals surface area contributed by atoms with Gasteiger partial charge in [0.15, 0.2) is 0 Å². The fraction of sp³-hybridized carbons (Fsp3) is 0.462. The molecule has 106 valence electrons. The normalized spacial score (nSPS) is 12.1. The van der Waals surface area contributed by atoms with Crippen LogP contribution in [0.25, 0.3) is 0 Å². The molecule has 1 amide bonds. The fourth-order valence-corrected chi connectivity index (χ4v) is 1.35. The van der Waals surface area contributed by atoms with E-state index in [2.05, 4.69) is 5.32 Å². The summed E-state index contributed by atoms with van der Waals surface area (Å²) in [6.45, 7) is 5.10. The van der Waals surface area contributed by atoms with Crippen LogP contribution in [0.15, 0.2) is 24.3 Å². The number of carbonyl (C=O) groups excluding carboxylic acids is 1. The molecule has 0 aliphatic rings. The molecule has 0 aromatic heterocycles. The van der Waals surface area contributed by atoms with Crippen molar-refractivity contribution in [1.29, 1.82) is 0 Å². The van der Waals surface area contributed by atoms with Crippen LogP contribution in [-0.2, 0) is 17.5 Å². The van der Waals surface area contributed by atoms with Crippen molar-refractivity contribution in [3.8, 4) is 0 Å². The molecule has 1 aromatic carbocycles. The molecule has 1 rings (SSSR count). The van der Waals surface area contributed by atoms with E-state index in [4.69, 9.17) is 4.74 Å². The summed E-state index contributed by atoms with van der Waals surface area (Å²) in [7, 11) is 0. The highest BCUT2D eigenvalue weighted by atomic mass is 19.4. The van der Waals surface area contributed by atoms with Crippen LogP contribution in [0.1, 0.15) is 31.9 Å². The van der Waals surface area contributed by atoms with Gasteiger partial charge in [-0.05, 0) is 38.5 Å². The molecule has 0 fully saturated rings. The third-order valence-electron chi connectivity index (χ3n) is 2.09. The maximum atomic E-state index is 12.5. The zero-order valence-corrected chi connectivity index (χ0v) is 11.0. The van der Waals surface area contributed by atoms with Crippen LogP contribution in [0.5, 0.6) is 0 Å². The lowest BCUT2D eigenvalue weighted by Gasteiger charge is -2.19. The van der Waals surface area contributed by atoms with Crippen LogP contribution >= 0.6 is 0 Å². The van der Waals surface area contributed by atoms with E-state index < -0.39 is 23.4 Å². The van der Waals surface area contributed by atoms with E-state index in [-0.39, 0.29) is 6.54 Å². The Morgan fingerprint density at radius 3 is 2.42 bits per heavy atom. The van der Waals surface area contributed by atoms with E-state index in [1.807, 2.05) is 0 Å². The molecule has 0 saturated heterocycles. The van der Waals surface area contributed by atoms with Crippen molar-refractivity contribution in [2.45, 2.75) is 39.1 Å². The van der Waals surface area contributed by atoms with E-state index in [9.17, 15) is 18.0 Å². The smallest absolute Gasteiger partial charge is 0.416 e. The van der Waals surface area contributed by atoms with Crippen LogP contribution in [0.4, 0.5) is 18.0 Å². The molecule has 0 aliphatic heterocycles. The number of ether oxygens (including phenoxy) is 1. The summed E-state index contributed by atoms with van der Waals surface area (Å²) in [5.74, 6) is 0. The van der Waals surface area contributed by atoms with Crippen molar-refractivity contribution in [2.24, 2.45) is 0 Å². The zero-order valence-electron chi connectivity index (χ0n) is 11.0. The van der Waals surface area contributed by atoms with Crippen molar-refractivity contribution in [3.05, 3.63) is 35.4 Å². The summed E-state index contributed by atoms with van der Waals surface area (Å²) in [5, 5.41) is 2.41. The second-order valence-corrected chi connectivity index (χ2v) is 5.05. The molecule has 0 saturated carbocycles. The van der Waals surface area contributed by atoms with Gasteiger partial charge in [0, 0.05) is 6.54 Å². The maximum absolute atomic E-state index is 12.5. The number of hydrogen-bond acceptors (Lipinski definition) is 2. The topological polar surface area (TPSA) is 38.3 Å². The average molecular weight is 275 g/mol. The van der Waals surface area contributed by atoms with Gasteiger partial charge in [-0.2, -0.15) is 13.2 Å². The number of benzene rings is 1. The van der Waals surface area contributed by atoms with Crippen LogP contribution in [-0.4, -0.2) is 11.7 Å². The molecule has 19 heavy (non-hydrogen) atoms. The third-order valence-corrected chi connectivity index (χ3v) is 2.09. The zero-order chi connectivity index (χ0) is 14.7. The van der Waals surface area contributed by atoms with Crippen molar-refractivity contribution in [2.75, 3.05) is 0 Å². The van der Waals surface area contributed by atoms with Crippen LogP contribution in [0.3, 0.4) is 0 Å². The maximum Gasteiger partial charge on any atom is 0.416 e. The molecule has 0 unspecified atom stereocenters.